The van der Waals surface area contributed by atoms with Crippen LogP contribution in [0.4, 0.5) is 4.39 Å². The molecule has 2 atom stereocenters. The van der Waals surface area contributed by atoms with Gasteiger partial charge in [-0.1, -0.05) is 42.5 Å². The molecule has 0 spiro atoms. The standard InChI is InChI=1S/C26H27FN2O3/c1-28-15-23(30)25(17-8-6-9-18(27)14-17)29-16-21(19-10-4-5-12-22(19)29)20-11-7-13-24(31-2)26(20)32-3/h4-14,16,23,25,28,30H,15H2,1-3H3. The van der Waals surface area contributed by atoms with Crippen molar-refractivity contribution < 1.29 is 19.0 Å². The third-order valence-corrected chi connectivity index (χ3v) is 5.70. The molecular weight excluding hydrogens is 407 g/mol. The minimum absolute atomic E-state index is 0.338. The molecule has 0 aliphatic heterocycles. The zero-order valence-electron chi connectivity index (χ0n) is 18.4. The molecule has 0 fully saturated rings. The monoisotopic (exact) mass is 434 g/mol. The fraction of sp³-hybridized carbons (Fsp3) is 0.231. The van der Waals surface area contributed by atoms with E-state index in [2.05, 4.69) is 5.32 Å². The molecule has 0 aliphatic rings. The van der Waals surface area contributed by atoms with Gasteiger partial charge in [-0.25, -0.2) is 4.39 Å². The molecule has 0 amide bonds. The maximum Gasteiger partial charge on any atom is 0.168 e. The van der Waals surface area contributed by atoms with E-state index >= 15 is 0 Å². The number of hydrogen-bond acceptors (Lipinski definition) is 4. The molecule has 1 heterocycles. The number of para-hydroxylation sites is 2. The van der Waals surface area contributed by atoms with Crippen molar-refractivity contribution >= 4 is 10.9 Å². The number of aliphatic hydroxyl groups excluding tert-OH is 1. The second kappa shape index (κ2) is 9.42. The Balaban J connectivity index is 1.98. The Hall–Kier alpha value is -3.35. The lowest BCUT2D eigenvalue weighted by atomic mass is 10.0. The number of fused-ring (bicyclic) bond motifs is 1. The first-order valence-electron chi connectivity index (χ1n) is 10.5. The molecule has 2 unspecified atom stereocenters. The lowest BCUT2D eigenvalue weighted by Crippen LogP contribution is -2.33. The van der Waals surface area contributed by atoms with E-state index in [1.165, 1.54) is 12.1 Å². The maximum absolute atomic E-state index is 14.1. The Morgan fingerprint density at radius 1 is 0.969 bits per heavy atom. The highest BCUT2D eigenvalue weighted by atomic mass is 19.1. The third kappa shape index (κ3) is 3.95. The molecule has 0 radical (unpaired) electrons. The van der Waals surface area contributed by atoms with Gasteiger partial charge in [-0.15, -0.1) is 0 Å². The Morgan fingerprint density at radius 2 is 1.75 bits per heavy atom. The fourth-order valence-corrected chi connectivity index (χ4v) is 4.33. The topological polar surface area (TPSA) is 55.7 Å². The molecule has 2 N–H and O–H groups in total. The van der Waals surface area contributed by atoms with E-state index in [1.807, 2.05) is 59.3 Å². The predicted molar refractivity (Wildman–Crippen MR) is 125 cm³/mol. The second-order valence-corrected chi connectivity index (χ2v) is 7.63. The molecule has 3 aromatic carbocycles. The summed E-state index contributed by atoms with van der Waals surface area (Å²) in [6, 6.07) is 19.6. The first-order chi connectivity index (χ1) is 15.6. The van der Waals surface area contributed by atoms with Gasteiger partial charge in [0.2, 0.25) is 0 Å². The quantitative estimate of drug-likeness (QED) is 0.424. The molecule has 5 nitrogen and oxygen atoms in total. The van der Waals surface area contributed by atoms with Crippen LogP contribution in [0.25, 0.3) is 22.0 Å². The molecule has 0 aliphatic carbocycles. The summed E-state index contributed by atoms with van der Waals surface area (Å²) in [5.74, 6) is 0.935. The second-order valence-electron chi connectivity index (χ2n) is 7.63. The molecule has 0 saturated carbocycles. The van der Waals surface area contributed by atoms with Crippen LogP contribution >= 0.6 is 0 Å². The number of aromatic nitrogens is 1. The van der Waals surface area contributed by atoms with Crippen molar-refractivity contribution in [1.82, 2.24) is 9.88 Å². The smallest absolute Gasteiger partial charge is 0.168 e. The summed E-state index contributed by atoms with van der Waals surface area (Å²) >= 11 is 0. The number of aliphatic hydroxyl groups is 1. The zero-order valence-corrected chi connectivity index (χ0v) is 18.4. The molecule has 166 valence electrons. The highest BCUT2D eigenvalue weighted by molar-refractivity contribution is 5.98. The zero-order chi connectivity index (χ0) is 22.7. The van der Waals surface area contributed by atoms with Gasteiger partial charge in [0.05, 0.1) is 26.4 Å². The normalized spacial score (nSPS) is 13.2. The average molecular weight is 435 g/mol. The Labute approximate surface area is 187 Å². The van der Waals surface area contributed by atoms with Crippen molar-refractivity contribution in [2.75, 3.05) is 27.8 Å². The van der Waals surface area contributed by atoms with Gasteiger partial charge in [-0.2, -0.15) is 0 Å². The Bertz CT molecular complexity index is 1220. The van der Waals surface area contributed by atoms with E-state index in [9.17, 15) is 9.50 Å². The lowest BCUT2D eigenvalue weighted by Gasteiger charge is -2.26. The van der Waals surface area contributed by atoms with Crippen LogP contribution in [-0.4, -0.2) is 43.6 Å². The van der Waals surface area contributed by atoms with Crippen molar-refractivity contribution in [3.05, 3.63) is 84.3 Å². The molecule has 0 saturated heterocycles. The van der Waals surface area contributed by atoms with E-state index in [-0.39, 0.29) is 5.82 Å². The van der Waals surface area contributed by atoms with Gasteiger partial charge in [0, 0.05) is 34.8 Å². The van der Waals surface area contributed by atoms with Gasteiger partial charge < -0.3 is 24.5 Å². The first-order valence-corrected chi connectivity index (χ1v) is 10.5. The van der Waals surface area contributed by atoms with Gasteiger partial charge in [-0.3, -0.25) is 0 Å². The highest BCUT2D eigenvalue weighted by Gasteiger charge is 2.26. The van der Waals surface area contributed by atoms with Gasteiger partial charge in [0.25, 0.3) is 0 Å². The number of methoxy groups -OCH3 is 2. The van der Waals surface area contributed by atoms with E-state index in [1.54, 1.807) is 27.3 Å². The summed E-state index contributed by atoms with van der Waals surface area (Å²) < 4.78 is 27.3. The number of ether oxygens (including phenoxy) is 2. The van der Waals surface area contributed by atoms with Crippen LogP contribution in [0.15, 0.2) is 72.9 Å². The van der Waals surface area contributed by atoms with Gasteiger partial charge in [0.1, 0.15) is 5.82 Å². The molecule has 4 aromatic rings. The van der Waals surface area contributed by atoms with Crippen LogP contribution in [0.5, 0.6) is 11.5 Å². The SMILES string of the molecule is CNCC(O)C(c1cccc(F)c1)n1cc(-c2cccc(OC)c2OC)c2ccccc21. The summed E-state index contributed by atoms with van der Waals surface area (Å²) in [6.45, 7) is 0.353. The fourth-order valence-electron chi connectivity index (χ4n) is 4.33. The number of benzene rings is 3. The maximum atomic E-state index is 14.1. The first kappa shape index (κ1) is 21.9. The number of halogens is 1. The molecule has 32 heavy (non-hydrogen) atoms. The minimum atomic E-state index is -0.780. The van der Waals surface area contributed by atoms with E-state index in [4.69, 9.17) is 9.47 Å². The van der Waals surface area contributed by atoms with Crippen molar-refractivity contribution in [2.45, 2.75) is 12.1 Å². The lowest BCUT2D eigenvalue weighted by molar-refractivity contribution is 0.132. The summed E-state index contributed by atoms with van der Waals surface area (Å²) in [5.41, 5.74) is 3.44. The van der Waals surface area contributed by atoms with Crippen LogP contribution in [0.2, 0.25) is 0 Å². The number of nitrogens with zero attached hydrogens (tertiary/aromatic N) is 1. The summed E-state index contributed by atoms with van der Waals surface area (Å²) in [5, 5.41) is 15.1. The van der Waals surface area contributed by atoms with Crippen molar-refractivity contribution in [2.24, 2.45) is 0 Å². The summed E-state index contributed by atoms with van der Waals surface area (Å²) in [4.78, 5) is 0. The number of nitrogens with one attached hydrogen (secondary N) is 1. The van der Waals surface area contributed by atoms with Crippen molar-refractivity contribution in [3.8, 4) is 22.6 Å². The van der Waals surface area contributed by atoms with Crippen LogP contribution in [-0.2, 0) is 0 Å². The van der Waals surface area contributed by atoms with E-state index < -0.39 is 12.1 Å². The van der Waals surface area contributed by atoms with Gasteiger partial charge in [-0.05, 0) is 36.9 Å². The van der Waals surface area contributed by atoms with Crippen molar-refractivity contribution in [1.29, 1.82) is 0 Å². The third-order valence-electron chi connectivity index (χ3n) is 5.70. The van der Waals surface area contributed by atoms with Crippen LogP contribution < -0.4 is 14.8 Å². The van der Waals surface area contributed by atoms with Gasteiger partial charge in [0.15, 0.2) is 11.5 Å². The van der Waals surface area contributed by atoms with E-state index in [0.717, 1.165) is 22.0 Å². The minimum Gasteiger partial charge on any atom is -0.493 e. The summed E-state index contributed by atoms with van der Waals surface area (Å²) in [6.07, 6.45) is 1.22. The van der Waals surface area contributed by atoms with Gasteiger partial charge >= 0.3 is 0 Å². The molecule has 4 rings (SSSR count). The Kier molecular flexibility index (Phi) is 6.44. The van der Waals surface area contributed by atoms with Crippen LogP contribution in [0, 0.1) is 5.82 Å². The van der Waals surface area contributed by atoms with Crippen LogP contribution in [0.3, 0.4) is 0 Å². The predicted octanol–water partition coefficient (Wildman–Crippen LogP) is 4.63. The molecule has 1 aromatic heterocycles. The van der Waals surface area contributed by atoms with E-state index in [0.29, 0.717) is 23.6 Å². The largest absolute Gasteiger partial charge is 0.493 e. The van der Waals surface area contributed by atoms with Crippen LogP contribution in [0.1, 0.15) is 11.6 Å². The molecule has 6 heteroatoms. The molecular formula is C26H27FN2O3. The number of likely N-dealkylation sites (N-methyl/N-ethyl adjacent to an activating group) is 1. The van der Waals surface area contributed by atoms with Crippen molar-refractivity contribution in [3.63, 3.8) is 0 Å². The molecule has 0 bridgehead atoms. The number of hydrogen-bond donors (Lipinski definition) is 2. The Morgan fingerprint density at radius 3 is 2.47 bits per heavy atom. The average Bonchev–Trinajstić information content (AvgIpc) is 3.18. The number of rotatable bonds is 8. The highest BCUT2D eigenvalue weighted by Crippen LogP contribution is 2.42. The summed E-state index contributed by atoms with van der Waals surface area (Å²) in [7, 11) is 5.01.